The zero-order valence-corrected chi connectivity index (χ0v) is 11.9. The molecule has 102 valence electrons. The first-order chi connectivity index (χ1) is 9.54. The van der Waals surface area contributed by atoms with E-state index in [9.17, 15) is 4.79 Å². The van der Waals surface area contributed by atoms with E-state index in [2.05, 4.69) is 14.5 Å². The van der Waals surface area contributed by atoms with Crippen molar-refractivity contribution < 1.29 is 9.90 Å². The third-order valence-corrected chi connectivity index (χ3v) is 4.05. The summed E-state index contributed by atoms with van der Waals surface area (Å²) in [6, 6.07) is 5.02. The van der Waals surface area contributed by atoms with Gasteiger partial charge in [-0.2, -0.15) is 0 Å². The largest absolute Gasteiger partial charge is 0.478 e. The first-order valence-electron chi connectivity index (χ1n) is 6.16. The molecule has 0 radical (unpaired) electrons. The molecule has 0 saturated carbocycles. The fourth-order valence-corrected chi connectivity index (χ4v) is 2.97. The van der Waals surface area contributed by atoms with Gasteiger partial charge >= 0.3 is 5.97 Å². The van der Waals surface area contributed by atoms with Crippen LogP contribution in [0.15, 0.2) is 24.4 Å². The lowest BCUT2D eigenvalue weighted by molar-refractivity contribution is 0.0697. The number of hydrogen-bond donors (Lipinski definition) is 1. The van der Waals surface area contributed by atoms with E-state index in [4.69, 9.17) is 5.11 Å². The fourth-order valence-electron chi connectivity index (χ4n) is 2.19. The molecule has 2 heterocycles. The second kappa shape index (κ2) is 4.72. The number of thiazole rings is 1. The lowest BCUT2D eigenvalue weighted by Gasteiger charge is -2.04. The Labute approximate surface area is 119 Å². The number of aromatic carboxylic acids is 1. The molecule has 3 aromatic rings. The van der Waals surface area contributed by atoms with Crippen molar-refractivity contribution in [1.29, 1.82) is 0 Å². The number of aromatic nitrogens is 3. The lowest BCUT2D eigenvalue weighted by atomic mass is 10.2. The summed E-state index contributed by atoms with van der Waals surface area (Å²) in [5, 5.41) is 10.0. The first-order valence-corrected chi connectivity index (χ1v) is 6.98. The highest BCUT2D eigenvalue weighted by Gasteiger charge is 2.12. The van der Waals surface area contributed by atoms with Crippen molar-refractivity contribution in [2.24, 2.45) is 0 Å². The van der Waals surface area contributed by atoms with E-state index in [0.29, 0.717) is 12.1 Å². The molecule has 1 aromatic carbocycles. The highest BCUT2D eigenvalue weighted by molar-refractivity contribution is 7.11. The van der Waals surface area contributed by atoms with Gasteiger partial charge in [0.15, 0.2) is 0 Å². The number of imidazole rings is 1. The van der Waals surface area contributed by atoms with E-state index in [1.807, 2.05) is 20.0 Å². The summed E-state index contributed by atoms with van der Waals surface area (Å²) >= 11 is 1.66. The van der Waals surface area contributed by atoms with Gasteiger partial charge in [0, 0.05) is 11.1 Å². The number of carbonyl (C=O) groups is 1. The molecular weight excluding hydrogens is 274 g/mol. The van der Waals surface area contributed by atoms with Gasteiger partial charge in [-0.25, -0.2) is 14.8 Å². The van der Waals surface area contributed by atoms with Crippen LogP contribution in [0.3, 0.4) is 0 Å². The normalized spacial score (nSPS) is 11.1. The van der Waals surface area contributed by atoms with Gasteiger partial charge in [-0.15, -0.1) is 11.3 Å². The smallest absolute Gasteiger partial charge is 0.335 e. The number of aryl methyl sites for hydroxylation is 2. The van der Waals surface area contributed by atoms with E-state index in [0.717, 1.165) is 16.3 Å². The number of rotatable bonds is 3. The summed E-state index contributed by atoms with van der Waals surface area (Å²) in [6.07, 6.45) is 1.86. The Morgan fingerprint density at radius 3 is 2.85 bits per heavy atom. The average molecular weight is 287 g/mol. The molecule has 0 atom stereocenters. The molecule has 3 rings (SSSR count). The third kappa shape index (κ3) is 2.18. The maximum absolute atomic E-state index is 11.0. The second-order valence-corrected chi connectivity index (χ2v) is 5.94. The summed E-state index contributed by atoms with van der Waals surface area (Å²) in [6.45, 7) is 4.60. The van der Waals surface area contributed by atoms with Crippen LogP contribution in [0.2, 0.25) is 0 Å². The Morgan fingerprint density at radius 1 is 1.40 bits per heavy atom. The van der Waals surface area contributed by atoms with Gasteiger partial charge in [0.05, 0.1) is 23.1 Å². The van der Waals surface area contributed by atoms with Crippen molar-refractivity contribution in [3.63, 3.8) is 0 Å². The molecule has 6 heteroatoms. The standard InChI is InChI=1S/C14H13N3O2S/c1-8-6-15-13(20-8)7-17-9(2)16-11-5-10(14(18)19)3-4-12(11)17/h3-6H,7H2,1-2H3,(H,18,19). The zero-order valence-electron chi connectivity index (χ0n) is 11.1. The molecule has 5 nitrogen and oxygen atoms in total. The van der Waals surface area contributed by atoms with Crippen molar-refractivity contribution >= 4 is 28.3 Å². The van der Waals surface area contributed by atoms with Crippen LogP contribution in [0.25, 0.3) is 11.0 Å². The average Bonchev–Trinajstić information content (AvgIpc) is 2.94. The van der Waals surface area contributed by atoms with Crippen LogP contribution < -0.4 is 0 Å². The monoisotopic (exact) mass is 287 g/mol. The molecule has 0 amide bonds. The van der Waals surface area contributed by atoms with E-state index >= 15 is 0 Å². The quantitative estimate of drug-likeness (QED) is 0.804. The van der Waals surface area contributed by atoms with Gasteiger partial charge in [0.2, 0.25) is 0 Å². The summed E-state index contributed by atoms with van der Waals surface area (Å²) < 4.78 is 2.05. The Balaban J connectivity index is 2.06. The van der Waals surface area contributed by atoms with Gasteiger partial charge in [0.25, 0.3) is 0 Å². The van der Waals surface area contributed by atoms with E-state index in [1.54, 1.807) is 29.5 Å². The molecule has 2 aromatic heterocycles. The molecule has 0 aliphatic rings. The van der Waals surface area contributed by atoms with Crippen LogP contribution in [-0.4, -0.2) is 25.6 Å². The minimum Gasteiger partial charge on any atom is -0.478 e. The summed E-state index contributed by atoms with van der Waals surface area (Å²) in [7, 11) is 0. The number of fused-ring (bicyclic) bond motifs is 1. The highest BCUT2D eigenvalue weighted by Crippen LogP contribution is 2.21. The lowest BCUT2D eigenvalue weighted by Crippen LogP contribution is -2.01. The number of hydrogen-bond acceptors (Lipinski definition) is 4. The van der Waals surface area contributed by atoms with Gasteiger partial charge in [-0.1, -0.05) is 0 Å². The van der Waals surface area contributed by atoms with Crippen LogP contribution in [0, 0.1) is 13.8 Å². The predicted octanol–water partition coefficient (Wildman–Crippen LogP) is 2.86. The molecule has 0 fully saturated rings. The molecular formula is C14H13N3O2S. The Morgan fingerprint density at radius 2 is 2.20 bits per heavy atom. The molecule has 0 spiro atoms. The third-order valence-electron chi connectivity index (χ3n) is 3.15. The van der Waals surface area contributed by atoms with Gasteiger partial charge in [-0.05, 0) is 32.0 Å². The molecule has 0 saturated heterocycles. The van der Waals surface area contributed by atoms with E-state index in [-0.39, 0.29) is 5.56 Å². The summed E-state index contributed by atoms with van der Waals surface area (Å²) in [5.74, 6) is -0.0787. The van der Waals surface area contributed by atoms with E-state index < -0.39 is 5.97 Å². The molecule has 0 aliphatic carbocycles. The van der Waals surface area contributed by atoms with Crippen LogP contribution >= 0.6 is 11.3 Å². The Bertz CT molecular complexity index is 804. The maximum atomic E-state index is 11.0. The van der Waals surface area contributed by atoms with Crippen molar-refractivity contribution in [3.8, 4) is 0 Å². The van der Waals surface area contributed by atoms with Gasteiger partial charge < -0.3 is 9.67 Å². The fraction of sp³-hybridized carbons (Fsp3) is 0.214. The highest BCUT2D eigenvalue weighted by atomic mass is 32.1. The predicted molar refractivity (Wildman–Crippen MR) is 77.4 cm³/mol. The number of nitrogens with zero attached hydrogens (tertiary/aromatic N) is 3. The number of carboxylic acids is 1. The minimum absolute atomic E-state index is 0.257. The van der Waals surface area contributed by atoms with Gasteiger partial charge in [0.1, 0.15) is 10.8 Å². The number of benzene rings is 1. The zero-order chi connectivity index (χ0) is 14.3. The van der Waals surface area contributed by atoms with Crippen LogP contribution in [0.1, 0.15) is 26.1 Å². The maximum Gasteiger partial charge on any atom is 0.335 e. The van der Waals surface area contributed by atoms with Crippen LogP contribution in [-0.2, 0) is 6.54 Å². The number of carboxylic acid groups (broad SMARTS) is 1. The van der Waals surface area contributed by atoms with Crippen molar-refractivity contribution in [1.82, 2.24) is 14.5 Å². The molecule has 20 heavy (non-hydrogen) atoms. The summed E-state index contributed by atoms with van der Waals surface area (Å²) in [4.78, 5) is 21.0. The van der Waals surface area contributed by atoms with Crippen LogP contribution in [0.5, 0.6) is 0 Å². The molecule has 1 N–H and O–H groups in total. The summed E-state index contributed by atoms with van der Waals surface area (Å²) in [5.41, 5.74) is 1.89. The molecule has 0 bridgehead atoms. The van der Waals surface area contributed by atoms with Crippen molar-refractivity contribution in [3.05, 3.63) is 45.7 Å². The molecule has 0 unspecified atom stereocenters. The van der Waals surface area contributed by atoms with Crippen molar-refractivity contribution in [2.75, 3.05) is 0 Å². The van der Waals surface area contributed by atoms with Gasteiger partial charge in [-0.3, -0.25) is 0 Å². The van der Waals surface area contributed by atoms with Crippen LogP contribution in [0.4, 0.5) is 0 Å². The SMILES string of the molecule is Cc1cnc(Cn2c(C)nc3cc(C(=O)O)ccc32)s1. The van der Waals surface area contributed by atoms with Crippen molar-refractivity contribution in [2.45, 2.75) is 20.4 Å². The first kappa shape index (κ1) is 12.8. The minimum atomic E-state index is -0.936. The second-order valence-electron chi connectivity index (χ2n) is 4.62. The van der Waals surface area contributed by atoms with E-state index in [1.165, 1.54) is 4.88 Å². The molecule has 0 aliphatic heterocycles. The Hall–Kier alpha value is -2.21. The topological polar surface area (TPSA) is 68.0 Å². The Kier molecular flexibility index (Phi) is 3.02.